The maximum atomic E-state index is 12.2. The largest absolute Gasteiger partial charge is 0.485 e. The van der Waals surface area contributed by atoms with Gasteiger partial charge in [-0.1, -0.05) is 24.3 Å². The fourth-order valence-corrected chi connectivity index (χ4v) is 2.44. The van der Waals surface area contributed by atoms with Gasteiger partial charge >= 0.3 is 5.97 Å². The van der Waals surface area contributed by atoms with Crippen molar-refractivity contribution in [3.63, 3.8) is 0 Å². The Morgan fingerprint density at radius 1 is 1.16 bits per heavy atom. The topological polar surface area (TPSA) is 65.1 Å². The van der Waals surface area contributed by atoms with Gasteiger partial charge in [0.25, 0.3) is 5.91 Å². The number of amides is 1. The second-order valence-corrected chi connectivity index (χ2v) is 5.76. The predicted molar refractivity (Wildman–Crippen MR) is 91.9 cm³/mol. The average Bonchev–Trinajstić information content (AvgIpc) is 2.64. The Morgan fingerprint density at radius 2 is 1.92 bits per heavy atom. The van der Waals surface area contributed by atoms with Crippen LogP contribution in [-0.4, -0.2) is 38.2 Å². The van der Waals surface area contributed by atoms with Crippen LogP contribution >= 0.6 is 0 Å². The first-order valence-electron chi connectivity index (χ1n) is 7.93. The van der Waals surface area contributed by atoms with Crippen molar-refractivity contribution in [3.05, 3.63) is 54.1 Å². The number of rotatable bonds is 4. The van der Waals surface area contributed by atoms with Crippen LogP contribution in [0.25, 0.3) is 0 Å². The number of esters is 1. The van der Waals surface area contributed by atoms with E-state index in [-0.39, 0.29) is 19.1 Å². The highest BCUT2D eigenvalue weighted by atomic mass is 16.6. The van der Waals surface area contributed by atoms with Gasteiger partial charge in [-0.2, -0.15) is 0 Å². The molecule has 0 radical (unpaired) electrons. The van der Waals surface area contributed by atoms with E-state index in [9.17, 15) is 9.59 Å². The minimum absolute atomic E-state index is 0.0533. The first-order valence-corrected chi connectivity index (χ1v) is 7.93. The van der Waals surface area contributed by atoms with E-state index in [0.717, 1.165) is 11.3 Å². The van der Waals surface area contributed by atoms with E-state index in [2.05, 4.69) is 0 Å². The number of ether oxygens (including phenoxy) is 3. The molecule has 3 rings (SSSR count). The Labute approximate surface area is 145 Å². The summed E-state index contributed by atoms with van der Waals surface area (Å²) in [5.41, 5.74) is 1.78. The molecule has 0 saturated heterocycles. The predicted octanol–water partition coefficient (Wildman–Crippen LogP) is 2.34. The van der Waals surface area contributed by atoms with E-state index in [0.29, 0.717) is 11.5 Å². The van der Waals surface area contributed by atoms with Crippen LogP contribution in [0.1, 0.15) is 5.56 Å². The third-order valence-electron chi connectivity index (χ3n) is 3.87. The van der Waals surface area contributed by atoms with Crippen molar-refractivity contribution in [1.82, 2.24) is 0 Å². The molecule has 0 aromatic heterocycles. The Balaban J connectivity index is 1.55. The smallest absolute Gasteiger partial charge is 0.351 e. The maximum Gasteiger partial charge on any atom is 0.351 e. The van der Waals surface area contributed by atoms with Crippen LogP contribution in [0.15, 0.2) is 48.5 Å². The Morgan fingerprint density at radius 3 is 2.68 bits per heavy atom. The number of hydrogen-bond acceptors (Lipinski definition) is 5. The second-order valence-electron chi connectivity index (χ2n) is 5.76. The Bertz CT molecular complexity index is 789. The lowest BCUT2D eigenvalue weighted by Crippen LogP contribution is -2.40. The number of benzene rings is 2. The molecule has 0 spiro atoms. The molecule has 2 aromatic carbocycles. The third-order valence-corrected chi connectivity index (χ3v) is 3.87. The molecule has 1 heterocycles. The Kier molecular flexibility index (Phi) is 4.88. The summed E-state index contributed by atoms with van der Waals surface area (Å²) in [5, 5.41) is 0. The number of aryl methyl sites for hydroxylation is 1. The normalized spacial score (nSPS) is 15.4. The molecule has 6 heteroatoms. The molecule has 0 saturated carbocycles. The van der Waals surface area contributed by atoms with Crippen molar-refractivity contribution in [1.29, 1.82) is 0 Å². The molecule has 1 amide bonds. The number of para-hydroxylation sites is 2. The standard InChI is InChI=1S/C19H19NO5/c1-13-6-5-7-14(10-13)20(2)18(21)12-24-19(22)17-11-23-15-8-3-4-9-16(15)25-17/h3-10,17H,11-12H2,1-2H3. The molecule has 1 aliphatic heterocycles. The molecular formula is C19H19NO5. The lowest BCUT2D eigenvalue weighted by atomic mass is 10.2. The van der Waals surface area contributed by atoms with Gasteiger partial charge in [-0.05, 0) is 36.8 Å². The summed E-state index contributed by atoms with van der Waals surface area (Å²) in [6, 6.07) is 14.6. The molecule has 0 bridgehead atoms. The van der Waals surface area contributed by atoms with Crippen molar-refractivity contribution in [2.45, 2.75) is 13.0 Å². The van der Waals surface area contributed by atoms with Crippen molar-refractivity contribution in [2.75, 3.05) is 25.2 Å². The molecule has 0 aliphatic carbocycles. The molecule has 130 valence electrons. The van der Waals surface area contributed by atoms with Crippen molar-refractivity contribution in [3.8, 4) is 11.5 Å². The van der Waals surface area contributed by atoms with E-state index in [1.807, 2.05) is 37.3 Å². The summed E-state index contributed by atoms with van der Waals surface area (Å²) in [5.74, 6) is 0.122. The molecule has 0 fully saturated rings. The van der Waals surface area contributed by atoms with E-state index in [1.54, 1.807) is 25.2 Å². The quantitative estimate of drug-likeness (QED) is 0.799. The van der Waals surface area contributed by atoms with E-state index < -0.39 is 12.1 Å². The number of nitrogens with zero attached hydrogens (tertiary/aromatic N) is 1. The molecule has 25 heavy (non-hydrogen) atoms. The summed E-state index contributed by atoms with van der Waals surface area (Å²) in [7, 11) is 1.64. The number of hydrogen-bond donors (Lipinski definition) is 0. The third kappa shape index (κ3) is 3.91. The monoisotopic (exact) mass is 341 g/mol. The lowest BCUT2D eigenvalue weighted by molar-refractivity contribution is -0.157. The highest BCUT2D eigenvalue weighted by molar-refractivity contribution is 5.95. The molecule has 0 N–H and O–H groups in total. The number of likely N-dealkylation sites (N-methyl/N-ethyl adjacent to an activating group) is 1. The average molecular weight is 341 g/mol. The SMILES string of the molecule is Cc1cccc(N(C)C(=O)COC(=O)C2COc3ccccc3O2)c1. The molecule has 1 aliphatic rings. The zero-order valence-corrected chi connectivity index (χ0v) is 14.1. The molecule has 2 aromatic rings. The number of anilines is 1. The first kappa shape index (κ1) is 16.8. The lowest BCUT2D eigenvalue weighted by Gasteiger charge is -2.25. The number of carbonyl (C=O) groups is 2. The minimum atomic E-state index is -0.882. The van der Waals surface area contributed by atoms with Crippen molar-refractivity contribution in [2.24, 2.45) is 0 Å². The first-order chi connectivity index (χ1) is 12.0. The van der Waals surface area contributed by atoms with Gasteiger partial charge in [-0.25, -0.2) is 4.79 Å². The van der Waals surface area contributed by atoms with E-state index >= 15 is 0 Å². The Hall–Kier alpha value is -3.02. The van der Waals surface area contributed by atoms with Crippen molar-refractivity contribution < 1.29 is 23.8 Å². The summed E-state index contributed by atoms with van der Waals surface area (Å²) in [4.78, 5) is 25.8. The highest BCUT2D eigenvalue weighted by Gasteiger charge is 2.29. The summed E-state index contributed by atoms with van der Waals surface area (Å²) < 4.78 is 16.1. The highest BCUT2D eigenvalue weighted by Crippen LogP contribution is 2.31. The number of fused-ring (bicyclic) bond motifs is 1. The molecular weight excluding hydrogens is 322 g/mol. The van der Waals surface area contributed by atoms with Crippen LogP contribution in [0.5, 0.6) is 11.5 Å². The maximum absolute atomic E-state index is 12.2. The van der Waals surface area contributed by atoms with Crippen LogP contribution in [0.3, 0.4) is 0 Å². The zero-order valence-electron chi connectivity index (χ0n) is 14.1. The second kappa shape index (κ2) is 7.25. The summed E-state index contributed by atoms with van der Waals surface area (Å²) >= 11 is 0. The van der Waals surface area contributed by atoms with Gasteiger partial charge in [-0.15, -0.1) is 0 Å². The van der Waals surface area contributed by atoms with Gasteiger partial charge in [0.15, 0.2) is 18.1 Å². The minimum Gasteiger partial charge on any atom is -0.485 e. The molecule has 6 nitrogen and oxygen atoms in total. The van der Waals surface area contributed by atoms with Crippen LogP contribution < -0.4 is 14.4 Å². The van der Waals surface area contributed by atoms with Gasteiger partial charge in [0.05, 0.1) is 0 Å². The summed E-state index contributed by atoms with van der Waals surface area (Å²) in [6.07, 6.45) is -0.882. The fraction of sp³-hybridized carbons (Fsp3) is 0.263. The van der Waals surface area contributed by atoms with Crippen molar-refractivity contribution >= 4 is 17.6 Å². The zero-order chi connectivity index (χ0) is 17.8. The van der Waals surface area contributed by atoms with Crippen LogP contribution in [0.4, 0.5) is 5.69 Å². The fourth-order valence-electron chi connectivity index (χ4n) is 2.44. The number of carbonyl (C=O) groups excluding carboxylic acids is 2. The van der Waals surface area contributed by atoms with Crippen LogP contribution in [-0.2, 0) is 14.3 Å². The van der Waals surface area contributed by atoms with Gasteiger partial charge < -0.3 is 19.1 Å². The summed E-state index contributed by atoms with van der Waals surface area (Å²) in [6.45, 7) is 1.64. The van der Waals surface area contributed by atoms with Gasteiger partial charge in [-0.3, -0.25) is 4.79 Å². The molecule has 1 unspecified atom stereocenters. The molecule has 1 atom stereocenters. The van der Waals surface area contributed by atoms with Crippen LogP contribution in [0.2, 0.25) is 0 Å². The van der Waals surface area contributed by atoms with Gasteiger partial charge in [0.1, 0.15) is 6.61 Å². The van der Waals surface area contributed by atoms with Crippen LogP contribution in [0, 0.1) is 6.92 Å². The van der Waals surface area contributed by atoms with Gasteiger partial charge in [0, 0.05) is 12.7 Å². The van der Waals surface area contributed by atoms with E-state index in [4.69, 9.17) is 14.2 Å². The van der Waals surface area contributed by atoms with E-state index in [1.165, 1.54) is 4.90 Å². The van der Waals surface area contributed by atoms with Gasteiger partial charge in [0.2, 0.25) is 6.10 Å².